The summed E-state index contributed by atoms with van der Waals surface area (Å²) in [6.07, 6.45) is 5.18. The van der Waals surface area contributed by atoms with E-state index in [-0.39, 0.29) is 11.7 Å². The van der Waals surface area contributed by atoms with Gasteiger partial charge in [0.1, 0.15) is 17.7 Å². The standard InChI is InChI=1S/C26H32ClFN2O3/c1-2-19-15-22(4-5-24(19)27)33-21-9-11-29(12-10-21)17-18-7-13-30(14-8-18)25-6-3-20(28)16-23(25)26(31)32/h3-6,15-16,18,21H,2,7-14,17H2,1H3,(H,31,32). The van der Waals surface area contributed by atoms with Gasteiger partial charge in [0.25, 0.3) is 0 Å². The molecule has 2 aromatic carbocycles. The van der Waals surface area contributed by atoms with Crippen LogP contribution in [-0.2, 0) is 6.42 Å². The number of carboxylic acids is 1. The fourth-order valence-corrected chi connectivity index (χ4v) is 5.23. The molecule has 2 aliphatic heterocycles. The van der Waals surface area contributed by atoms with E-state index in [0.29, 0.717) is 11.6 Å². The Labute approximate surface area is 200 Å². The van der Waals surface area contributed by atoms with E-state index in [2.05, 4.69) is 22.8 Å². The highest BCUT2D eigenvalue weighted by atomic mass is 35.5. The van der Waals surface area contributed by atoms with Gasteiger partial charge in [0.05, 0.1) is 11.3 Å². The Kier molecular flexibility index (Phi) is 7.76. The van der Waals surface area contributed by atoms with E-state index in [1.54, 1.807) is 6.07 Å². The second-order valence-corrected chi connectivity index (χ2v) is 9.53. The average molecular weight is 475 g/mol. The summed E-state index contributed by atoms with van der Waals surface area (Å²) in [4.78, 5) is 16.1. The molecule has 33 heavy (non-hydrogen) atoms. The number of piperidine rings is 2. The molecule has 0 unspecified atom stereocenters. The molecule has 0 bridgehead atoms. The van der Waals surface area contributed by atoms with Crippen molar-refractivity contribution in [3.8, 4) is 5.75 Å². The number of hydrogen-bond acceptors (Lipinski definition) is 4. The molecule has 4 rings (SSSR count). The SMILES string of the molecule is CCc1cc(OC2CCN(CC3CCN(c4ccc(F)cc4C(=O)O)CC3)CC2)ccc1Cl. The molecule has 0 aliphatic carbocycles. The van der Waals surface area contributed by atoms with Crippen LogP contribution in [0.25, 0.3) is 0 Å². The summed E-state index contributed by atoms with van der Waals surface area (Å²) in [5.74, 6) is -0.0964. The van der Waals surface area contributed by atoms with Gasteiger partial charge < -0.3 is 19.6 Å². The highest BCUT2D eigenvalue weighted by molar-refractivity contribution is 6.31. The maximum atomic E-state index is 13.5. The van der Waals surface area contributed by atoms with E-state index in [1.165, 1.54) is 6.07 Å². The first-order chi connectivity index (χ1) is 15.9. The van der Waals surface area contributed by atoms with Crippen molar-refractivity contribution in [2.24, 2.45) is 5.92 Å². The number of aryl methyl sites for hydroxylation is 1. The molecule has 2 heterocycles. The fraction of sp³-hybridized carbons (Fsp3) is 0.500. The second-order valence-electron chi connectivity index (χ2n) is 9.12. The lowest BCUT2D eigenvalue weighted by Gasteiger charge is -2.38. The van der Waals surface area contributed by atoms with Crippen LogP contribution in [0.5, 0.6) is 5.75 Å². The van der Waals surface area contributed by atoms with Crippen LogP contribution < -0.4 is 9.64 Å². The number of anilines is 1. The lowest BCUT2D eigenvalue weighted by Crippen LogP contribution is -2.43. The highest BCUT2D eigenvalue weighted by Crippen LogP contribution is 2.29. The smallest absolute Gasteiger partial charge is 0.337 e. The quantitative estimate of drug-likeness (QED) is 0.574. The Hall–Kier alpha value is -2.31. The molecule has 5 nitrogen and oxygen atoms in total. The van der Waals surface area contributed by atoms with Crippen molar-refractivity contribution in [3.05, 3.63) is 58.4 Å². The highest BCUT2D eigenvalue weighted by Gasteiger charge is 2.27. The van der Waals surface area contributed by atoms with Crippen molar-refractivity contribution in [1.82, 2.24) is 4.90 Å². The molecule has 0 radical (unpaired) electrons. The van der Waals surface area contributed by atoms with Gasteiger partial charge >= 0.3 is 5.97 Å². The lowest BCUT2D eigenvalue weighted by molar-refractivity contribution is 0.0696. The van der Waals surface area contributed by atoms with E-state index in [4.69, 9.17) is 16.3 Å². The van der Waals surface area contributed by atoms with Crippen LogP contribution >= 0.6 is 11.6 Å². The molecule has 0 saturated carbocycles. The number of halogens is 2. The minimum absolute atomic E-state index is 0.0438. The Morgan fingerprint density at radius 1 is 1.09 bits per heavy atom. The number of benzene rings is 2. The van der Waals surface area contributed by atoms with Gasteiger partial charge in [-0.05, 0) is 80.0 Å². The maximum absolute atomic E-state index is 13.5. The molecule has 2 fully saturated rings. The van der Waals surface area contributed by atoms with Crippen LogP contribution in [0.15, 0.2) is 36.4 Å². The zero-order chi connectivity index (χ0) is 23.4. The summed E-state index contributed by atoms with van der Waals surface area (Å²) < 4.78 is 19.7. The number of rotatable bonds is 7. The van der Waals surface area contributed by atoms with E-state index in [9.17, 15) is 14.3 Å². The van der Waals surface area contributed by atoms with Crippen molar-refractivity contribution < 1.29 is 19.0 Å². The van der Waals surface area contributed by atoms with E-state index >= 15 is 0 Å². The molecule has 1 N–H and O–H groups in total. The fourth-order valence-electron chi connectivity index (χ4n) is 4.97. The van der Waals surface area contributed by atoms with Crippen LogP contribution in [-0.4, -0.2) is 54.8 Å². The first-order valence-corrected chi connectivity index (χ1v) is 12.3. The summed E-state index contributed by atoms with van der Waals surface area (Å²) in [6, 6.07) is 9.98. The maximum Gasteiger partial charge on any atom is 0.337 e. The predicted molar refractivity (Wildman–Crippen MR) is 129 cm³/mol. The van der Waals surface area contributed by atoms with Crippen LogP contribution in [0.2, 0.25) is 5.02 Å². The summed E-state index contributed by atoms with van der Waals surface area (Å²) >= 11 is 6.22. The molecule has 0 atom stereocenters. The Balaban J connectivity index is 1.23. The molecular formula is C26H32ClFN2O3. The van der Waals surface area contributed by atoms with E-state index in [1.807, 2.05) is 12.1 Å². The number of carboxylic acid groups (broad SMARTS) is 1. The topological polar surface area (TPSA) is 53.0 Å². The van der Waals surface area contributed by atoms with Gasteiger partial charge in [0, 0.05) is 37.7 Å². The number of ether oxygens (including phenoxy) is 1. The second kappa shape index (κ2) is 10.7. The van der Waals surface area contributed by atoms with Gasteiger partial charge in [-0.3, -0.25) is 0 Å². The monoisotopic (exact) mass is 474 g/mol. The minimum atomic E-state index is -1.08. The van der Waals surface area contributed by atoms with Crippen LogP contribution in [0.4, 0.5) is 10.1 Å². The zero-order valence-electron chi connectivity index (χ0n) is 19.1. The molecule has 0 spiro atoms. The number of carbonyl (C=O) groups is 1. The molecular weight excluding hydrogens is 443 g/mol. The molecule has 178 valence electrons. The molecule has 0 aromatic heterocycles. The predicted octanol–water partition coefficient (Wildman–Crippen LogP) is 5.50. The van der Waals surface area contributed by atoms with Gasteiger partial charge in [-0.25, -0.2) is 9.18 Å². The molecule has 2 aromatic rings. The Bertz CT molecular complexity index is 970. The third kappa shape index (κ3) is 5.98. The number of aromatic carboxylic acids is 1. The minimum Gasteiger partial charge on any atom is -0.490 e. The summed E-state index contributed by atoms with van der Waals surface area (Å²) in [7, 11) is 0. The van der Waals surface area contributed by atoms with Crippen LogP contribution in [0, 0.1) is 11.7 Å². The number of hydrogen-bond donors (Lipinski definition) is 1. The van der Waals surface area contributed by atoms with Crippen molar-refractivity contribution >= 4 is 23.3 Å². The van der Waals surface area contributed by atoms with Crippen molar-refractivity contribution in [3.63, 3.8) is 0 Å². The van der Waals surface area contributed by atoms with Crippen molar-refractivity contribution in [2.75, 3.05) is 37.6 Å². The average Bonchev–Trinajstić information content (AvgIpc) is 2.82. The molecule has 2 aliphatic rings. The van der Waals surface area contributed by atoms with Gasteiger partial charge in [0.15, 0.2) is 0 Å². The van der Waals surface area contributed by atoms with E-state index in [0.717, 1.165) is 87.2 Å². The normalized spacial score (nSPS) is 18.5. The summed E-state index contributed by atoms with van der Waals surface area (Å²) in [6.45, 7) is 6.81. The summed E-state index contributed by atoms with van der Waals surface area (Å²) in [5, 5.41) is 10.2. The largest absolute Gasteiger partial charge is 0.490 e. The molecule has 2 saturated heterocycles. The van der Waals surface area contributed by atoms with Gasteiger partial charge in [-0.15, -0.1) is 0 Å². The van der Waals surface area contributed by atoms with Crippen molar-refractivity contribution in [1.29, 1.82) is 0 Å². The van der Waals surface area contributed by atoms with Gasteiger partial charge in [-0.2, -0.15) is 0 Å². The lowest BCUT2D eigenvalue weighted by atomic mass is 9.94. The zero-order valence-corrected chi connectivity index (χ0v) is 19.9. The number of likely N-dealkylation sites (tertiary alicyclic amines) is 1. The Morgan fingerprint density at radius 3 is 2.48 bits per heavy atom. The van der Waals surface area contributed by atoms with Gasteiger partial charge in [0.2, 0.25) is 0 Å². The third-order valence-electron chi connectivity index (χ3n) is 6.90. The molecule has 0 amide bonds. The van der Waals surface area contributed by atoms with Crippen LogP contribution in [0.1, 0.15) is 48.5 Å². The molecule has 7 heteroatoms. The van der Waals surface area contributed by atoms with E-state index < -0.39 is 11.8 Å². The van der Waals surface area contributed by atoms with Crippen molar-refractivity contribution in [2.45, 2.75) is 45.1 Å². The first kappa shape index (κ1) is 23.8. The third-order valence-corrected chi connectivity index (χ3v) is 7.26. The first-order valence-electron chi connectivity index (χ1n) is 11.9. The summed E-state index contributed by atoms with van der Waals surface area (Å²) in [5.41, 5.74) is 1.78. The van der Waals surface area contributed by atoms with Crippen LogP contribution in [0.3, 0.4) is 0 Å². The number of nitrogens with zero attached hydrogens (tertiary/aromatic N) is 2. The van der Waals surface area contributed by atoms with Gasteiger partial charge in [-0.1, -0.05) is 18.5 Å². The Morgan fingerprint density at radius 2 is 1.82 bits per heavy atom.